The van der Waals surface area contributed by atoms with Crippen molar-refractivity contribution >= 4 is 34.8 Å². The minimum atomic E-state index is -0.161. The molecular formula is C26H33ClN2O3S. The summed E-state index contributed by atoms with van der Waals surface area (Å²) in [7, 11) is 0. The summed E-state index contributed by atoms with van der Waals surface area (Å²) in [5.74, 6) is 1.27. The number of carbonyl (C=O) groups is 2. The molecule has 2 aliphatic rings. The number of halogens is 1. The van der Waals surface area contributed by atoms with Crippen molar-refractivity contribution in [2.45, 2.75) is 52.0 Å². The first-order chi connectivity index (χ1) is 15.9. The summed E-state index contributed by atoms with van der Waals surface area (Å²) in [5, 5.41) is 2.75. The quantitative estimate of drug-likeness (QED) is 0.487. The Morgan fingerprint density at radius 2 is 1.91 bits per heavy atom. The fraction of sp³-hybridized carbons (Fsp3) is 0.538. The Hall–Kier alpha value is -2.05. The molecule has 5 nitrogen and oxygen atoms in total. The molecule has 0 bridgehead atoms. The zero-order chi connectivity index (χ0) is 23.4. The fourth-order valence-electron chi connectivity index (χ4n) is 4.94. The van der Waals surface area contributed by atoms with Crippen molar-refractivity contribution in [2.75, 3.05) is 26.2 Å². The first-order valence-corrected chi connectivity index (χ1v) is 13.2. The highest BCUT2D eigenvalue weighted by atomic mass is 35.5. The number of hydrogen-bond donors (Lipinski definition) is 0. The Morgan fingerprint density at radius 1 is 1.18 bits per heavy atom. The van der Waals surface area contributed by atoms with Gasteiger partial charge in [-0.15, -0.1) is 11.3 Å². The highest BCUT2D eigenvalue weighted by Gasteiger charge is 2.35. The molecular weight excluding hydrogens is 456 g/mol. The Bertz CT molecular complexity index is 953. The van der Waals surface area contributed by atoms with E-state index in [-0.39, 0.29) is 30.3 Å². The lowest BCUT2D eigenvalue weighted by Crippen LogP contribution is -2.49. The van der Waals surface area contributed by atoms with E-state index >= 15 is 0 Å². The van der Waals surface area contributed by atoms with Gasteiger partial charge in [-0.3, -0.25) is 9.59 Å². The maximum absolute atomic E-state index is 13.6. The highest BCUT2D eigenvalue weighted by molar-refractivity contribution is 7.10. The third-order valence-electron chi connectivity index (χ3n) is 6.56. The first kappa shape index (κ1) is 24.1. The average Bonchev–Trinajstić information content (AvgIpc) is 3.49. The van der Waals surface area contributed by atoms with Crippen LogP contribution in [0, 0.1) is 11.8 Å². The fourth-order valence-corrected chi connectivity index (χ4v) is 5.99. The van der Waals surface area contributed by atoms with Gasteiger partial charge in [-0.05, 0) is 66.5 Å². The van der Waals surface area contributed by atoms with E-state index in [1.807, 2.05) is 21.9 Å². The number of nitrogens with zero attached hydrogens (tertiary/aromatic N) is 2. The Balaban J connectivity index is 1.49. The number of benzene rings is 1. The molecule has 33 heavy (non-hydrogen) atoms. The summed E-state index contributed by atoms with van der Waals surface area (Å²) in [4.78, 5) is 31.8. The van der Waals surface area contributed by atoms with Gasteiger partial charge < -0.3 is 14.5 Å². The standard InChI is InChI=1S/C26H33ClN2O3S/c1-18(2)15-28(26(31)19-5-3-4-6-19)16-25(30)29-13-11-24-22(12-14-33-24)23(29)17-32-21-9-7-20(27)8-10-21/h7-10,12,14,18-19,23H,3-6,11,13,15-17H2,1-2H3/t23-/m0/s1. The molecule has 0 spiro atoms. The second kappa shape index (κ2) is 10.9. The van der Waals surface area contributed by atoms with Gasteiger partial charge >= 0.3 is 0 Å². The third-order valence-corrected chi connectivity index (χ3v) is 7.81. The third kappa shape index (κ3) is 5.90. The van der Waals surface area contributed by atoms with Crippen LogP contribution in [0.1, 0.15) is 56.0 Å². The minimum Gasteiger partial charge on any atom is -0.491 e. The summed E-state index contributed by atoms with van der Waals surface area (Å²) in [6, 6.07) is 9.23. The molecule has 1 fully saturated rings. The second-order valence-electron chi connectivity index (χ2n) is 9.51. The molecule has 2 amide bonds. The average molecular weight is 489 g/mol. The molecule has 2 aromatic rings. The van der Waals surface area contributed by atoms with Crippen molar-refractivity contribution in [1.82, 2.24) is 9.80 Å². The SMILES string of the molecule is CC(C)CN(CC(=O)N1CCc2sccc2[C@@H]1COc1ccc(Cl)cc1)C(=O)C1CCCC1. The molecule has 178 valence electrons. The van der Waals surface area contributed by atoms with Gasteiger partial charge in [0, 0.05) is 28.9 Å². The maximum Gasteiger partial charge on any atom is 0.242 e. The van der Waals surface area contributed by atoms with Crippen LogP contribution in [0.15, 0.2) is 35.7 Å². The zero-order valence-electron chi connectivity index (χ0n) is 19.5. The van der Waals surface area contributed by atoms with E-state index in [4.69, 9.17) is 16.3 Å². The van der Waals surface area contributed by atoms with Gasteiger partial charge in [0.15, 0.2) is 0 Å². The van der Waals surface area contributed by atoms with E-state index in [1.165, 1.54) is 4.88 Å². The van der Waals surface area contributed by atoms with Gasteiger partial charge in [-0.1, -0.05) is 38.3 Å². The highest BCUT2D eigenvalue weighted by Crippen LogP contribution is 2.34. The van der Waals surface area contributed by atoms with Crippen molar-refractivity contribution in [3.63, 3.8) is 0 Å². The number of thiophene rings is 1. The molecule has 1 aliphatic carbocycles. The normalized spacial score (nSPS) is 18.4. The van der Waals surface area contributed by atoms with Crippen LogP contribution >= 0.6 is 22.9 Å². The van der Waals surface area contributed by atoms with Gasteiger partial charge in [-0.2, -0.15) is 0 Å². The molecule has 1 aliphatic heterocycles. The summed E-state index contributed by atoms with van der Waals surface area (Å²) < 4.78 is 6.08. The Kier molecular flexibility index (Phi) is 7.97. The summed E-state index contributed by atoms with van der Waals surface area (Å²) >= 11 is 7.73. The number of fused-ring (bicyclic) bond motifs is 1. The van der Waals surface area contributed by atoms with E-state index in [0.717, 1.165) is 43.4 Å². The van der Waals surface area contributed by atoms with Crippen molar-refractivity contribution in [2.24, 2.45) is 11.8 Å². The van der Waals surface area contributed by atoms with Crippen LogP contribution in [0.2, 0.25) is 5.02 Å². The van der Waals surface area contributed by atoms with Gasteiger partial charge in [0.05, 0.1) is 12.6 Å². The lowest BCUT2D eigenvalue weighted by Gasteiger charge is -2.37. The van der Waals surface area contributed by atoms with Crippen molar-refractivity contribution in [3.8, 4) is 5.75 Å². The number of hydrogen-bond acceptors (Lipinski definition) is 4. The molecule has 0 radical (unpaired) electrons. The van der Waals surface area contributed by atoms with Crippen LogP contribution in [0.25, 0.3) is 0 Å². The monoisotopic (exact) mass is 488 g/mol. The van der Waals surface area contributed by atoms with Crippen LogP contribution in [0.3, 0.4) is 0 Å². The molecule has 1 aromatic heterocycles. The van der Waals surface area contributed by atoms with Crippen LogP contribution in [-0.4, -0.2) is 47.9 Å². The predicted molar refractivity (Wildman–Crippen MR) is 133 cm³/mol. The number of carbonyl (C=O) groups excluding carboxylic acids is 2. The Labute approximate surface area is 205 Å². The van der Waals surface area contributed by atoms with Gasteiger partial charge in [0.25, 0.3) is 0 Å². The number of ether oxygens (including phenoxy) is 1. The number of rotatable bonds is 8. The van der Waals surface area contributed by atoms with E-state index < -0.39 is 0 Å². The first-order valence-electron chi connectivity index (χ1n) is 11.9. The summed E-state index contributed by atoms with van der Waals surface area (Å²) in [6.07, 6.45) is 4.95. The summed E-state index contributed by atoms with van der Waals surface area (Å²) in [5.41, 5.74) is 1.16. The van der Waals surface area contributed by atoms with E-state index in [0.29, 0.717) is 30.6 Å². The maximum atomic E-state index is 13.6. The molecule has 0 N–H and O–H groups in total. The summed E-state index contributed by atoms with van der Waals surface area (Å²) in [6.45, 7) is 5.97. The smallest absolute Gasteiger partial charge is 0.242 e. The second-order valence-corrected chi connectivity index (χ2v) is 10.9. The van der Waals surface area contributed by atoms with Crippen molar-refractivity contribution in [3.05, 3.63) is 51.2 Å². The molecule has 2 heterocycles. The largest absolute Gasteiger partial charge is 0.491 e. The van der Waals surface area contributed by atoms with Crippen LogP contribution in [0.5, 0.6) is 5.75 Å². The van der Waals surface area contributed by atoms with Gasteiger partial charge in [0.2, 0.25) is 11.8 Å². The molecule has 0 saturated heterocycles. The van der Waals surface area contributed by atoms with E-state index in [9.17, 15) is 9.59 Å². The van der Waals surface area contributed by atoms with Gasteiger partial charge in [-0.25, -0.2) is 0 Å². The molecule has 7 heteroatoms. The Morgan fingerprint density at radius 3 is 2.61 bits per heavy atom. The molecule has 1 aromatic carbocycles. The van der Waals surface area contributed by atoms with Crippen LogP contribution < -0.4 is 4.74 Å². The molecule has 1 atom stereocenters. The zero-order valence-corrected chi connectivity index (χ0v) is 21.0. The minimum absolute atomic E-state index is 0.00329. The number of amides is 2. The van der Waals surface area contributed by atoms with Gasteiger partial charge in [0.1, 0.15) is 12.4 Å². The van der Waals surface area contributed by atoms with Crippen molar-refractivity contribution < 1.29 is 14.3 Å². The molecule has 1 saturated carbocycles. The van der Waals surface area contributed by atoms with Crippen LogP contribution in [-0.2, 0) is 16.0 Å². The lowest BCUT2D eigenvalue weighted by atomic mass is 10.00. The lowest BCUT2D eigenvalue weighted by molar-refractivity contribution is -0.145. The molecule has 4 rings (SSSR count). The van der Waals surface area contributed by atoms with Crippen LogP contribution in [0.4, 0.5) is 0 Å². The van der Waals surface area contributed by atoms with E-state index in [2.05, 4.69) is 25.3 Å². The van der Waals surface area contributed by atoms with Crippen molar-refractivity contribution in [1.29, 1.82) is 0 Å². The predicted octanol–water partition coefficient (Wildman–Crippen LogP) is 5.58. The van der Waals surface area contributed by atoms with E-state index in [1.54, 1.807) is 23.5 Å². The molecule has 0 unspecified atom stereocenters. The topological polar surface area (TPSA) is 49.9 Å².